The number of terminal acetylenes is 1. The minimum absolute atomic E-state index is 0.00520. The van der Waals surface area contributed by atoms with Crippen molar-refractivity contribution in [1.29, 1.82) is 0 Å². The zero-order valence-electron chi connectivity index (χ0n) is 9.82. The summed E-state index contributed by atoms with van der Waals surface area (Å²) >= 11 is 11.6. The molecule has 0 aromatic heterocycles. The summed E-state index contributed by atoms with van der Waals surface area (Å²) in [5.74, 6) is 0.591. The standard InChI is InChI=1S/C13H11Cl2NO3/c1-2-3-11(13(18)19)16-12(17)7-8-4-5-9(14)10(15)6-8/h1,4-6,11H,3,7H2,(H,16,17)(H,18,19). The first-order valence-electron chi connectivity index (χ1n) is 5.33. The van der Waals surface area contributed by atoms with E-state index in [0.717, 1.165) is 0 Å². The van der Waals surface area contributed by atoms with Gasteiger partial charge in [0.1, 0.15) is 6.04 Å². The van der Waals surface area contributed by atoms with E-state index in [9.17, 15) is 9.59 Å². The zero-order valence-corrected chi connectivity index (χ0v) is 11.3. The van der Waals surface area contributed by atoms with E-state index in [2.05, 4.69) is 11.2 Å². The third kappa shape index (κ3) is 4.82. The molecular formula is C13H11Cl2NO3. The molecule has 1 rings (SSSR count). The molecule has 0 saturated heterocycles. The highest BCUT2D eigenvalue weighted by molar-refractivity contribution is 6.42. The molecule has 1 amide bonds. The van der Waals surface area contributed by atoms with Crippen molar-refractivity contribution in [3.05, 3.63) is 33.8 Å². The van der Waals surface area contributed by atoms with Gasteiger partial charge < -0.3 is 10.4 Å². The van der Waals surface area contributed by atoms with E-state index < -0.39 is 17.9 Å². The predicted molar refractivity (Wildman–Crippen MR) is 73.2 cm³/mol. The first kappa shape index (κ1) is 15.4. The molecule has 0 radical (unpaired) electrons. The van der Waals surface area contributed by atoms with Gasteiger partial charge in [-0.25, -0.2) is 4.79 Å². The van der Waals surface area contributed by atoms with E-state index in [1.165, 1.54) is 0 Å². The van der Waals surface area contributed by atoms with Crippen LogP contribution >= 0.6 is 23.2 Å². The van der Waals surface area contributed by atoms with Crippen LogP contribution in [-0.2, 0) is 16.0 Å². The Kier molecular flexibility index (Phi) is 5.68. The smallest absolute Gasteiger partial charge is 0.327 e. The number of nitrogens with one attached hydrogen (secondary N) is 1. The monoisotopic (exact) mass is 299 g/mol. The van der Waals surface area contributed by atoms with E-state index >= 15 is 0 Å². The lowest BCUT2D eigenvalue weighted by atomic mass is 10.1. The second-order valence-electron chi connectivity index (χ2n) is 3.79. The number of hydrogen-bond acceptors (Lipinski definition) is 2. The molecule has 1 aromatic carbocycles. The van der Waals surface area contributed by atoms with E-state index in [4.69, 9.17) is 34.7 Å². The number of rotatable bonds is 5. The molecule has 0 aliphatic carbocycles. The van der Waals surface area contributed by atoms with Gasteiger partial charge in [-0.15, -0.1) is 12.3 Å². The lowest BCUT2D eigenvalue weighted by Gasteiger charge is -2.11. The molecule has 1 atom stereocenters. The van der Waals surface area contributed by atoms with Gasteiger partial charge in [-0.2, -0.15) is 0 Å². The first-order valence-corrected chi connectivity index (χ1v) is 6.09. The predicted octanol–water partition coefficient (Wildman–Crippen LogP) is 2.13. The van der Waals surface area contributed by atoms with Gasteiger partial charge in [0, 0.05) is 6.42 Å². The number of carboxylic acid groups (broad SMARTS) is 1. The van der Waals surface area contributed by atoms with Crippen molar-refractivity contribution in [3.8, 4) is 12.3 Å². The molecule has 1 unspecified atom stereocenters. The molecule has 4 nitrogen and oxygen atoms in total. The number of benzene rings is 1. The molecule has 2 N–H and O–H groups in total. The number of carbonyl (C=O) groups is 2. The summed E-state index contributed by atoms with van der Waals surface area (Å²) in [5, 5.41) is 11.9. The Balaban J connectivity index is 2.66. The number of amides is 1. The van der Waals surface area contributed by atoms with Crippen LogP contribution in [0.5, 0.6) is 0 Å². The number of carbonyl (C=O) groups excluding carboxylic acids is 1. The summed E-state index contributed by atoms with van der Waals surface area (Å²) in [4.78, 5) is 22.5. The Morgan fingerprint density at radius 3 is 2.58 bits per heavy atom. The molecule has 0 fully saturated rings. The van der Waals surface area contributed by atoms with Crippen LogP contribution in [0.4, 0.5) is 0 Å². The fourth-order valence-corrected chi connectivity index (χ4v) is 1.72. The van der Waals surface area contributed by atoms with Gasteiger partial charge in [0.2, 0.25) is 5.91 Å². The summed E-state index contributed by atoms with van der Waals surface area (Å²) in [5.41, 5.74) is 0.636. The van der Waals surface area contributed by atoms with Gasteiger partial charge in [0.05, 0.1) is 16.5 Å². The minimum Gasteiger partial charge on any atom is -0.480 e. The van der Waals surface area contributed by atoms with E-state index in [1.54, 1.807) is 18.2 Å². The van der Waals surface area contributed by atoms with Gasteiger partial charge >= 0.3 is 5.97 Å². The number of halogens is 2. The molecule has 0 saturated carbocycles. The SMILES string of the molecule is C#CCC(NC(=O)Cc1ccc(Cl)c(Cl)c1)C(=O)O. The molecule has 19 heavy (non-hydrogen) atoms. The maximum absolute atomic E-state index is 11.7. The lowest BCUT2D eigenvalue weighted by Crippen LogP contribution is -2.41. The summed E-state index contributed by atoms with van der Waals surface area (Å²) in [6, 6.07) is 3.69. The van der Waals surface area contributed by atoms with Crippen molar-refractivity contribution in [2.24, 2.45) is 0 Å². The highest BCUT2D eigenvalue weighted by atomic mass is 35.5. The largest absolute Gasteiger partial charge is 0.480 e. The van der Waals surface area contributed by atoms with Gasteiger partial charge in [-0.05, 0) is 17.7 Å². The third-order valence-electron chi connectivity index (χ3n) is 2.30. The van der Waals surface area contributed by atoms with Crippen LogP contribution in [0.25, 0.3) is 0 Å². The van der Waals surface area contributed by atoms with Crippen molar-refractivity contribution in [2.75, 3.05) is 0 Å². The number of hydrogen-bond donors (Lipinski definition) is 2. The Morgan fingerprint density at radius 2 is 2.05 bits per heavy atom. The number of aliphatic carboxylic acids is 1. The summed E-state index contributed by atoms with van der Waals surface area (Å²) < 4.78 is 0. The average Bonchev–Trinajstić information content (AvgIpc) is 2.33. The topological polar surface area (TPSA) is 66.4 Å². The molecule has 0 spiro atoms. The third-order valence-corrected chi connectivity index (χ3v) is 3.04. The van der Waals surface area contributed by atoms with Crippen LogP contribution in [0.2, 0.25) is 10.0 Å². The second-order valence-corrected chi connectivity index (χ2v) is 4.61. The molecule has 1 aromatic rings. The van der Waals surface area contributed by atoms with Gasteiger partial charge in [-0.1, -0.05) is 29.3 Å². The van der Waals surface area contributed by atoms with Crippen LogP contribution < -0.4 is 5.32 Å². The van der Waals surface area contributed by atoms with Gasteiger partial charge in [0.15, 0.2) is 0 Å². The molecule has 6 heteroatoms. The highest BCUT2D eigenvalue weighted by Crippen LogP contribution is 2.22. The molecule has 0 aliphatic heterocycles. The Hall–Kier alpha value is -1.70. The van der Waals surface area contributed by atoms with Crippen molar-refractivity contribution < 1.29 is 14.7 Å². The van der Waals surface area contributed by atoms with Crippen LogP contribution in [0, 0.1) is 12.3 Å². The summed E-state index contributed by atoms with van der Waals surface area (Å²) in [6.07, 6.45) is 4.97. The quantitative estimate of drug-likeness (QED) is 0.819. The molecule has 0 aliphatic rings. The van der Waals surface area contributed by atoms with E-state index in [0.29, 0.717) is 15.6 Å². The van der Waals surface area contributed by atoms with Crippen molar-refractivity contribution >= 4 is 35.1 Å². The second kappa shape index (κ2) is 7.03. The van der Waals surface area contributed by atoms with Crippen LogP contribution in [0.1, 0.15) is 12.0 Å². The van der Waals surface area contributed by atoms with Crippen molar-refractivity contribution in [1.82, 2.24) is 5.32 Å². The number of carboxylic acids is 1. The highest BCUT2D eigenvalue weighted by Gasteiger charge is 2.18. The molecule has 100 valence electrons. The fraction of sp³-hybridized carbons (Fsp3) is 0.231. The molecular weight excluding hydrogens is 289 g/mol. The zero-order chi connectivity index (χ0) is 14.4. The van der Waals surface area contributed by atoms with Crippen molar-refractivity contribution in [2.45, 2.75) is 18.9 Å². The van der Waals surface area contributed by atoms with Gasteiger partial charge in [0.25, 0.3) is 0 Å². The Bertz CT molecular complexity index is 537. The summed E-state index contributed by atoms with van der Waals surface area (Å²) in [7, 11) is 0. The average molecular weight is 300 g/mol. The van der Waals surface area contributed by atoms with Crippen LogP contribution in [-0.4, -0.2) is 23.0 Å². The van der Waals surface area contributed by atoms with E-state index in [1.807, 2.05) is 0 Å². The maximum atomic E-state index is 11.7. The molecule has 0 heterocycles. The molecule has 0 bridgehead atoms. The van der Waals surface area contributed by atoms with Gasteiger partial charge in [-0.3, -0.25) is 4.79 Å². The fourth-order valence-electron chi connectivity index (χ4n) is 1.40. The minimum atomic E-state index is -1.17. The first-order chi connectivity index (χ1) is 8.93. The van der Waals surface area contributed by atoms with Crippen molar-refractivity contribution in [3.63, 3.8) is 0 Å². The van der Waals surface area contributed by atoms with Crippen LogP contribution in [0.3, 0.4) is 0 Å². The Morgan fingerprint density at radius 1 is 1.37 bits per heavy atom. The summed E-state index contributed by atoms with van der Waals surface area (Å²) in [6.45, 7) is 0. The maximum Gasteiger partial charge on any atom is 0.327 e. The lowest BCUT2D eigenvalue weighted by molar-refractivity contribution is -0.141. The van der Waals surface area contributed by atoms with Crippen LogP contribution in [0.15, 0.2) is 18.2 Å². The Labute approximate surface area is 120 Å². The van der Waals surface area contributed by atoms with E-state index in [-0.39, 0.29) is 12.8 Å². The normalized spacial score (nSPS) is 11.4.